The molecule has 3 aromatic rings. The zero-order chi connectivity index (χ0) is 19.8. The van der Waals surface area contributed by atoms with Gasteiger partial charge in [-0.05, 0) is 56.0 Å². The topological polar surface area (TPSA) is 54.3 Å². The van der Waals surface area contributed by atoms with Crippen molar-refractivity contribution in [2.75, 3.05) is 10.6 Å². The molecule has 4 nitrogen and oxygen atoms in total. The van der Waals surface area contributed by atoms with Gasteiger partial charge in [-0.2, -0.15) is 0 Å². The monoisotopic (exact) mass is 384 g/mol. The summed E-state index contributed by atoms with van der Waals surface area (Å²) in [5.41, 5.74) is 6.02. The minimum Gasteiger partial charge on any atom is -0.461 e. The van der Waals surface area contributed by atoms with Gasteiger partial charge in [0, 0.05) is 28.9 Å². The Labute approximate surface area is 170 Å². The molecular weight excluding hydrogens is 360 g/mol. The fourth-order valence-electron chi connectivity index (χ4n) is 4.46. The van der Waals surface area contributed by atoms with Gasteiger partial charge in [0.15, 0.2) is 0 Å². The molecule has 2 aromatic carbocycles. The summed E-state index contributed by atoms with van der Waals surface area (Å²) in [7, 11) is 0. The predicted octanol–water partition coefficient (Wildman–Crippen LogP) is 5.82. The minimum atomic E-state index is -0.0739. The van der Waals surface area contributed by atoms with E-state index >= 15 is 0 Å². The van der Waals surface area contributed by atoms with Gasteiger partial charge in [0.05, 0.1) is 11.6 Å². The number of amides is 1. The van der Waals surface area contributed by atoms with Crippen LogP contribution in [0.15, 0.2) is 59.0 Å². The first-order valence-corrected chi connectivity index (χ1v) is 10.3. The van der Waals surface area contributed by atoms with E-state index in [0.29, 0.717) is 5.57 Å². The van der Waals surface area contributed by atoms with Gasteiger partial charge < -0.3 is 15.1 Å². The number of benzene rings is 2. The van der Waals surface area contributed by atoms with Crippen LogP contribution in [0.3, 0.4) is 0 Å². The summed E-state index contributed by atoms with van der Waals surface area (Å²) < 4.78 is 6.32. The number of aryl methyl sites for hydroxylation is 1. The summed E-state index contributed by atoms with van der Waals surface area (Å²) in [5, 5.41) is 6.55. The van der Waals surface area contributed by atoms with Crippen LogP contribution in [0, 0.1) is 0 Å². The van der Waals surface area contributed by atoms with Crippen molar-refractivity contribution >= 4 is 28.9 Å². The lowest BCUT2D eigenvalue weighted by Crippen LogP contribution is -2.11. The Morgan fingerprint density at radius 1 is 1.03 bits per heavy atom. The highest BCUT2D eigenvalue weighted by molar-refractivity contribution is 6.34. The van der Waals surface area contributed by atoms with Gasteiger partial charge in [0.25, 0.3) is 5.91 Å². The van der Waals surface area contributed by atoms with Crippen LogP contribution < -0.4 is 10.6 Å². The molecule has 1 aliphatic heterocycles. The van der Waals surface area contributed by atoms with Crippen molar-refractivity contribution in [3.8, 4) is 0 Å². The molecule has 0 spiro atoms. The molecule has 0 radical (unpaired) electrons. The number of para-hydroxylation sites is 2. The van der Waals surface area contributed by atoms with E-state index in [-0.39, 0.29) is 11.9 Å². The number of hydrogen-bond donors (Lipinski definition) is 2. The molecule has 4 heteroatoms. The molecule has 146 valence electrons. The quantitative estimate of drug-likeness (QED) is 0.557. The third-order valence-electron chi connectivity index (χ3n) is 5.82. The lowest BCUT2D eigenvalue weighted by Gasteiger charge is -2.18. The van der Waals surface area contributed by atoms with Crippen LogP contribution in [0.4, 0.5) is 11.4 Å². The lowest BCUT2D eigenvalue weighted by atomic mass is 9.91. The van der Waals surface area contributed by atoms with Crippen LogP contribution in [0.25, 0.3) is 11.6 Å². The standard InChI is InChI=1S/C25H24N2O2/c1-16(26-17-9-3-2-4-10-17)24-19-12-6-8-14-22(19)29-23(24)15-20-18-11-5-7-13-21(18)27-25(20)28/h2-5,7,9-11,13,15-16,26H,6,8,12,14H2,1H3,(H,27,28). The smallest absolute Gasteiger partial charge is 0.256 e. The molecule has 0 saturated heterocycles. The molecule has 1 amide bonds. The van der Waals surface area contributed by atoms with E-state index in [1.807, 2.05) is 48.5 Å². The molecule has 1 aromatic heterocycles. The maximum atomic E-state index is 12.6. The van der Waals surface area contributed by atoms with E-state index in [2.05, 4.69) is 29.7 Å². The summed E-state index contributed by atoms with van der Waals surface area (Å²) in [4.78, 5) is 12.6. The summed E-state index contributed by atoms with van der Waals surface area (Å²) in [6.45, 7) is 2.16. The van der Waals surface area contributed by atoms with Crippen molar-refractivity contribution in [3.05, 3.63) is 82.8 Å². The molecule has 5 rings (SSSR count). The van der Waals surface area contributed by atoms with E-state index in [1.165, 1.54) is 17.5 Å². The van der Waals surface area contributed by atoms with Gasteiger partial charge >= 0.3 is 0 Å². The molecule has 1 unspecified atom stereocenters. The molecule has 0 saturated carbocycles. The van der Waals surface area contributed by atoms with Crippen LogP contribution in [0.1, 0.15) is 54.0 Å². The fourth-order valence-corrected chi connectivity index (χ4v) is 4.46. The Morgan fingerprint density at radius 3 is 2.66 bits per heavy atom. The van der Waals surface area contributed by atoms with Crippen molar-refractivity contribution in [2.24, 2.45) is 0 Å². The van der Waals surface area contributed by atoms with Crippen LogP contribution in [0.2, 0.25) is 0 Å². The highest BCUT2D eigenvalue weighted by Crippen LogP contribution is 2.39. The number of hydrogen-bond acceptors (Lipinski definition) is 3. The van der Waals surface area contributed by atoms with Gasteiger partial charge in [0.1, 0.15) is 11.5 Å². The van der Waals surface area contributed by atoms with Gasteiger partial charge in [-0.1, -0.05) is 36.4 Å². The highest BCUT2D eigenvalue weighted by Gasteiger charge is 2.28. The van der Waals surface area contributed by atoms with Crippen LogP contribution in [0.5, 0.6) is 0 Å². The van der Waals surface area contributed by atoms with Gasteiger partial charge in [-0.15, -0.1) is 0 Å². The highest BCUT2D eigenvalue weighted by atomic mass is 16.3. The second-order valence-corrected chi connectivity index (χ2v) is 7.78. The summed E-state index contributed by atoms with van der Waals surface area (Å²) in [6, 6.07) is 18.1. The lowest BCUT2D eigenvalue weighted by molar-refractivity contribution is -0.110. The third kappa shape index (κ3) is 3.25. The molecule has 1 atom stereocenters. The number of rotatable bonds is 4. The summed E-state index contributed by atoms with van der Waals surface area (Å²) in [5.74, 6) is 1.80. The average Bonchev–Trinajstić information content (AvgIpc) is 3.26. The molecule has 2 aliphatic rings. The van der Waals surface area contributed by atoms with E-state index in [0.717, 1.165) is 47.7 Å². The minimum absolute atomic E-state index is 0.0739. The average molecular weight is 384 g/mol. The zero-order valence-corrected chi connectivity index (χ0v) is 16.5. The van der Waals surface area contributed by atoms with Gasteiger partial charge in [0.2, 0.25) is 0 Å². The first kappa shape index (κ1) is 17.8. The van der Waals surface area contributed by atoms with E-state index < -0.39 is 0 Å². The Bertz CT molecular complexity index is 1100. The maximum absolute atomic E-state index is 12.6. The second kappa shape index (κ2) is 7.28. The summed E-state index contributed by atoms with van der Waals surface area (Å²) in [6.07, 6.45) is 6.25. The predicted molar refractivity (Wildman–Crippen MR) is 117 cm³/mol. The SMILES string of the molecule is CC(Nc1ccccc1)c1c(C=C2C(=O)Nc3ccccc32)oc2c1CCCC2. The number of nitrogens with one attached hydrogen (secondary N) is 2. The van der Waals surface area contributed by atoms with Crippen molar-refractivity contribution in [1.29, 1.82) is 0 Å². The number of carbonyl (C=O) groups excluding carboxylic acids is 1. The van der Waals surface area contributed by atoms with Crippen molar-refractivity contribution in [2.45, 2.75) is 38.6 Å². The Hall–Kier alpha value is -3.27. The molecule has 2 N–H and O–H groups in total. The number of anilines is 2. The Morgan fingerprint density at radius 2 is 1.79 bits per heavy atom. The molecule has 29 heavy (non-hydrogen) atoms. The molecule has 1 aliphatic carbocycles. The molecular formula is C25H24N2O2. The Kier molecular flexibility index (Phi) is 4.47. The number of fused-ring (bicyclic) bond motifs is 2. The fraction of sp³-hybridized carbons (Fsp3) is 0.240. The second-order valence-electron chi connectivity index (χ2n) is 7.78. The van der Waals surface area contributed by atoms with E-state index in [4.69, 9.17) is 4.42 Å². The number of furan rings is 1. The van der Waals surface area contributed by atoms with Crippen molar-refractivity contribution < 1.29 is 9.21 Å². The van der Waals surface area contributed by atoms with E-state index in [1.54, 1.807) is 0 Å². The first-order chi connectivity index (χ1) is 14.2. The number of carbonyl (C=O) groups is 1. The largest absolute Gasteiger partial charge is 0.461 e. The summed E-state index contributed by atoms with van der Waals surface area (Å²) >= 11 is 0. The van der Waals surface area contributed by atoms with Crippen molar-refractivity contribution in [3.63, 3.8) is 0 Å². The first-order valence-electron chi connectivity index (χ1n) is 10.3. The third-order valence-corrected chi connectivity index (χ3v) is 5.82. The van der Waals surface area contributed by atoms with E-state index in [9.17, 15) is 4.79 Å². The van der Waals surface area contributed by atoms with Crippen LogP contribution >= 0.6 is 0 Å². The van der Waals surface area contributed by atoms with Crippen LogP contribution in [-0.2, 0) is 17.6 Å². The van der Waals surface area contributed by atoms with Crippen LogP contribution in [-0.4, -0.2) is 5.91 Å². The zero-order valence-electron chi connectivity index (χ0n) is 16.5. The molecule has 2 heterocycles. The molecule has 0 fully saturated rings. The van der Waals surface area contributed by atoms with Crippen molar-refractivity contribution in [1.82, 2.24) is 0 Å². The maximum Gasteiger partial charge on any atom is 0.256 e. The Balaban J connectivity index is 1.58. The normalized spacial score (nSPS) is 17.6. The van der Waals surface area contributed by atoms with Gasteiger partial charge in [-0.25, -0.2) is 0 Å². The molecule has 0 bridgehead atoms. The van der Waals surface area contributed by atoms with Gasteiger partial charge in [-0.3, -0.25) is 4.79 Å².